The molecule has 0 saturated carbocycles. The molecule has 100 valence electrons. The summed E-state index contributed by atoms with van der Waals surface area (Å²) in [5.41, 5.74) is -0.261. The molecule has 5 N–H and O–H groups in total. The number of benzene rings is 1. The zero-order chi connectivity index (χ0) is 13.8. The highest BCUT2D eigenvalue weighted by Crippen LogP contribution is 2.22. The number of anilines is 1. The summed E-state index contributed by atoms with van der Waals surface area (Å²) in [5.74, 6) is -1.12. The molecule has 0 atom stereocenters. The molecule has 0 aliphatic rings. The highest BCUT2D eigenvalue weighted by molar-refractivity contribution is 5.94. The van der Waals surface area contributed by atoms with E-state index in [0.29, 0.717) is 0 Å². The first-order chi connectivity index (χ1) is 8.48. The third kappa shape index (κ3) is 2.98. The lowest BCUT2D eigenvalue weighted by Gasteiger charge is -2.30. The molecule has 1 aromatic carbocycles. The van der Waals surface area contributed by atoms with Crippen LogP contribution in [0, 0.1) is 6.92 Å². The SMILES string of the molecule is Cc1ccc(C(=O)O)c(NC(CO)(CO)CO)c1. The largest absolute Gasteiger partial charge is 0.478 e. The molecule has 18 heavy (non-hydrogen) atoms. The normalized spacial score (nSPS) is 11.3. The zero-order valence-corrected chi connectivity index (χ0v) is 10.1. The second-order valence-corrected chi connectivity index (χ2v) is 4.23. The molecule has 0 radical (unpaired) electrons. The number of aromatic carboxylic acids is 1. The first kappa shape index (κ1) is 14.4. The average molecular weight is 255 g/mol. The highest BCUT2D eigenvalue weighted by atomic mass is 16.4. The van der Waals surface area contributed by atoms with Gasteiger partial charge in [0.05, 0.1) is 25.4 Å². The lowest BCUT2D eigenvalue weighted by molar-refractivity contribution is 0.0692. The Hall–Kier alpha value is -1.63. The van der Waals surface area contributed by atoms with Crippen molar-refractivity contribution in [1.29, 1.82) is 0 Å². The minimum atomic E-state index is -1.35. The Balaban J connectivity index is 3.16. The van der Waals surface area contributed by atoms with Crippen LogP contribution in [-0.4, -0.2) is 51.8 Å². The summed E-state index contributed by atoms with van der Waals surface area (Å²) in [6, 6.07) is 4.66. The first-order valence-corrected chi connectivity index (χ1v) is 5.43. The first-order valence-electron chi connectivity index (χ1n) is 5.43. The number of carbonyl (C=O) groups is 1. The Kier molecular flexibility index (Phi) is 4.66. The third-order valence-electron chi connectivity index (χ3n) is 2.71. The molecule has 0 spiro atoms. The molecular formula is C12H17NO5. The maximum Gasteiger partial charge on any atom is 0.337 e. The number of aryl methyl sites for hydroxylation is 1. The lowest BCUT2D eigenvalue weighted by Crippen LogP contribution is -2.49. The van der Waals surface area contributed by atoms with Gasteiger partial charge in [-0.2, -0.15) is 0 Å². The molecule has 0 aromatic heterocycles. The molecule has 0 amide bonds. The van der Waals surface area contributed by atoms with E-state index in [1.54, 1.807) is 19.1 Å². The summed E-state index contributed by atoms with van der Waals surface area (Å²) in [6.45, 7) is 0.225. The number of hydrogen-bond donors (Lipinski definition) is 5. The second kappa shape index (κ2) is 5.81. The summed E-state index contributed by atoms with van der Waals surface area (Å²) in [4.78, 5) is 11.1. The molecule has 1 rings (SSSR count). The van der Waals surface area contributed by atoms with E-state index >= 15 is 0 Å². The zero-order valence-electron chi connectivity index (χ0n) is 10.1. The summed E-state index contributed by atoms with van der Waals surface area (Å²) in [5, 5.41) is 39.4. The quantitative estimate of drug-likeness (QED) is 0.482. The predicted octanol–water partition coefficient (Wildman–Crippen LogP) is -0.179. The molecule has 1 aromatic rings. The van der Waals surface area contributed by atoms with E-state index in [4.69, 9.17) is 5.11 Å². The standard InChI is InChI=1S/C12H17NO5/c1-8-2-3-9(11(17)18)10(4-8)13-12(5-14,6-15)7-16/h2-4,13-16H,5-7H2,1H3,(H,17,18). The van der Waals surface area contributed by atoms with Gasteiger partial charge in [-0.1, -0.05) is 6.07 Å². The molecule has 6 nitrogen and oxygen atoms in total. The van der Waals surface area contributed by atoms with Crippen LogP contribution in [0.3, 0.4) is 0 Å². The van der Waals surface area contributed by atoms with E-state index in [1.807, 2.05) is 0 Å². The van der Waals surface area contributed by atoms with Crippen molar-refractivity contribution in [1.82, 2.24) is 0 Å². The van der Waals surface area contributed by atoms with Crippen molar-refractivity contribution in [2.75, 3.05) is 25.1 Å². The van der Waals surface area contributed by atoms with Gasteiger partial charge in [0.1, 0.15) is 5.54 Å². The van der Waals surface area contributed by atoms with Crippen molar-refractivity contribution < 1.29 is 25.2 Å². The monoisotopic (exact) mass is 255 g/mol. The van der Waals surface area contributed by atoms with E-state index in [9.17, 15) is 20.1 Å². The molecule has 0 bridgehead atoms. The van der Waals surface area contributed by atoms with Gasteiger partial charge >= 0.3 is 5.97 Å². The van der Waals surface area contributed by atoms with Crippen molar-refractivity contribution in [3.8, 4) is 0 Å². The maximum atomic E-state index is 11.1. The summed E-state index contributed by atoms with van der Waals surface area (Å²) in [7, 11) is 0. The van der Waals surface area contributed by atoms with Crippen LogP contribution in [0.5, 0.6) is 0 Å². The van der Waals surface area contributed by atoms with Crippen LogP contribution in [0.25, 0.3) is 0 Å². The Morgan fingerprint density at radius 2 is 1.78 bits per heavy atom. The van der Waals surface area contributed by atoms with Crippen LogP contribution in [0.15, 0.2) is 18.2 Å². The molecule has 0 saturated heterocycles. The van der Waals surface area contributed by atoms with Crippen LogP contribution in [0.1, 0.15) is 15.9 Å². The minimum absolute atomic E-state index is 0.0142. The van der Waals surface area contributed by atoms with Gasteiger partial charge in [-0.15, -0.1) is 0 Å². The Morgan fingerprint density at radius 3 is 2.22 bits per heavy atom. The number of aliphatic hydroxyl groups excluding tert-OH is 3. The maximum absolute atomic E-state index is 11.1. The van der Waals surface area contributed by atoms with Gasteiger partial charge in [-0.3, -0.25) is 0 Å². The van der Waals surface area contributed by atoms with E-state index in [-0.39, 0.29) is 11.3 Å². The molecule has 0 heterocycles. The molecule has 6 heteroatoms. The number of carboxylic acid groups (broad SMARTS) is 1. The van der Waals surface area contributed by atoms with Crippen LogP contribution in [0.4, 0.5) is 5.69 Å². The lowest BCUT2D eigenvalue weighted by atomic mass is 10.0. The van der Waals surface area contributed by atoms with Crippen molar-refractivity contribution in [2.45, 2.75) is 12.5 Å². The fraction of sp³-hybridized carbons (Fsp3) is 0.417. The second-order valence-electron chi connectivity index (χ2n) is 4.23. The van der Waals surface area contributed by atoms with Gasteiger partial charge in [-0.05, 0) is 24.6 Å². The van der Waals surface area contributed by atoms with Gasteiger partial charge < -0.3 is 25.7 Å². The van der Waals surface area contributed by atoms with Crippen LogP contribution < -0.4 is 5.32 Å². The molecule has 0 unspecified atom stereocenters. The minimum Gasteiger partial charge on any atom is -0.478 e. The Morgan fingerprint density at radius 1 is 1.22 bits per heavy atom. The van der Waals surface area contributed by atoms with Crippen molar-refractivity contribution in [2.24, 2.45) is 0 Å². The van der Waals surface area contributed by atoms with Crippen molar-refractivity contribution >= 4 is 11.7 Å². The fourth-order valence-corrected chi connectivity index (χ4v) is 1.50. The summed E-state index contributed by atoms with van der Waals surface area (Å²) in [6.07, 6.45) is 0. The van der Waals surface area contributed by atoms with Crippen LogP contribution in [0.2, 0.25) is 0 Å². The molecule has 0 aliphatic heterocycles. The number of rotatable bonds is 6. The van der Waals surface area contributed by atoms with E-state index < -0.39 is 31.3 Å². The fourth-order valence-electron chi connectivity index (χ4n) is 1.50. The third-order valence-corrected chi connectivity index (χ3v) is 2.71. The average Bonchev–Trinajstić information content (AvgIpc) is 2.36. The number of aliphatic hydroxyl groups is 3. The van der Waals surface area contributed by atoms with E-state index in [0.717, 1.165) is 5.56 Å². The Bertz CT molecular complexity index is 420. The Labute approximate surface area is 105 Å². The number of hydrogen-bond acceptors (Lipinski definition) is 5. The van der Waals surface area contributed by atoms with Gasteiger partial charge in [0.15, 0.2) is 0 Å². The number of nitrogens with one attached hydrogen (secondary N) is 1. The topological polar surface area (TPSA) is 110 Å². The highest BCUT2D eigenvalue weighted by Gasteiger charge is 2.29. The van der Waals surface area contributed by atoms with Crippen LogP contribution >= 0.6 is 0 Å². The van der Waals surface area contributed by atoms with Crippen molar-refractivity contribution in [3.63, 3.8) is 0 Å². The van der Waals surface area contributed by atoms with Gasteiger partial charge in [0.25, 0.3) is 0 Å². The van der Waals surface area contributed by atoms with E-state index in [1.165, 1.54) is 6.07 Å². The number of carboxylic acids is 1. The summed E-state index contributed by atoms with van der Waals surface area (Å²) >= 11 is 0. The molecular weight excluding hydrogens is 238 g/mol. The smallest absolute Gasteiger partial charge is 0.337 e. The van der Waals surface area contributed by atoms with Gasteiger partial charge in [0, 0.05) is 5.69 Å². The van der Waals surface area contributed by atoms with Crippen LogP contribution in [-0.2, 0) is 0 Å². The van der Waals surface area contributed by atoms with Gasteiger partial charge in [-0.25, -0.2) is 4.79 Å². The van der Waals surface area contributed by atoms with E-state index in [2.05, 4.69) is 5.32 Å². The molecule has 0 fully saturated rings. The van der Waals surface area contributed by atoms with Gasteiger partial charge in [0.2, 0.25) is 0 Å². The summed E-state index contributed by atoms with van der Waals surface area (Å²) < 4.78 is 0. The predicted molar refractivity (Wildman–Crippen MR) is 65.7 cm³/mol. The molecule has 0 aliphatic carbocycles. The van der Waals surface area contributed by atoms with Crippen molar-refractivity contribution in [3.05, 3.63) is 29.3 Å².